The summed E-state index contributed by atoms with van der Waals surface area (Å²) in [6.07, 6.45) is 1.62. The molecule has 0 saturated heterocycles. The predicted octanol–water partition coefficient (Wildman–Crippen LogP) is 2.14. The molecule has 19 heavy (non-hydrogen) atoms. The van der Waals surface area contributed by atoms with Gasteiger partial charge in [0, 0.05) is 12.5 Å². The zero-order chi connectivity index (χ0) is 14.3. The number of rotatable bonds is 8. The van der Waals surface area contributed by atoms with Gasteiger partial charge in [-0.2, -0.15) is 0 Å². The number of aliphatic hydroxyl groups is 1. The van der Waals surface area contributed by atoms with E-state index in [1.165, 1.54) is 0 Å². The quantitative estimate of drug-likeness (QED) is 0.732. The molecular weight excluding hydrogens is 244 g/mol. The fourth-order valence-corrected chi connectivity index (χ4v) is 1.46. The molecule has 1 aromatic rings. The van der Waals surface area contributed by atoms with Crippen LogP contribution in [-0.2, 0) is 11.3 Å². The maximum absolute atomic E-state index is 9.30. The van der Waals surface area contributed by atoms with Crippen molar-refractivity contribution in [3.63, 3.8) is 0 Å². The molecule has 1 rings (SSSR count). The van der Waals surface area contributed by atoms with Gasteiger partial charge in [0.25, 0.3) is 0 Å². The zero-order valence-corrected chi connectivity index (χ0v) is 12.2. The lowest BCUT2D eigenvalue weighted by molar-refractivity contribution is 0.0808. The molecule has 0 fully saturated rings. The van der Waals surface area contributed by atoms with Crippen LogP contribution in [0.1, 0.15) is 45.1 Å². The molecule has 0 aliphatic rings. The minimum atomic E-state index is -0.148. The number of hydrogen-bond acceptors (Lipinski definition) is 5. The number of hydrogen-bond donors (Lipinski definition) is 1. The van der Waals surface area contributed by atoms with Crippen molar-refractivity contribution in [2.75, 3.05) is 19.8 Å². The highest BCUT2D eigenvalue weighted by Crippen LogP contribution is 2.18. The van der Waals surface area contributed by atoms with E-state index in [1.54, 1.807) is 6.20 Å². The van der Waals surface area contributed by atoms with Crippen LogP contribution in [0.4, 0.5) is 0 Å². The second-order valence-corrected chi connectivity index (χ2v) is 5.17. The van der Waals surface area contributed by atoms with Gasteiger partial charge in [-0.05, 0) is 5.92 Å². The molecule has 0 radical (unpaired) electrons. The van der Waals surface area contributed by atoms with Gasteiger partial charge in [-0.15, -0.1) is 0 Å². The third kappa shape index (κ3) is 5.53. The lowest BCUT2D eigenvalue weighted by Crippen LogP contribution is -2.12. The van der Waals surface area contributed by atoms with Crippen LogP contribution < -0.4 is 4.74 Å². The molecule has 1 N–H and O–H groups in total. The molecule has 1 heterocycles. The predicted molar refractivity (Wildman–Crippen MR) is 73.2 cm³/mol. The highest BCUT2D eigenvalue weighted by atomic mass is 16.5. The van der Waals surface area contributed by atoms with Crippen molar-refractivity contribution in [1.29, 1.82) is 0 Å². The summed E-state index contributed by atoms with van der Waals surface area (Å²) in [5.41, 5.74) is 0.530. The summed E-state index contributed by atoms with van der Waals surface area (Å²) in [6, 6.07) is 0. The van der Waals surface area contributed by atoms with Gasteiger partial charge in [-0.1, -0.05) is 27.7 Å². The molecular formula is C14H24N2O3. The molecule has 0 atom stereocenters. The van der Waals surface area contributed by atoms with Crippen LogP contribution in [0, 0.1) is 5.92 Å². The first kappa shape index (κ1) is 15.9. The normalized spacial score (nSPS) is 11.3. The fourth-order valence-electron chi connectivity index (χ4n) is 1.46. The van der Waals surface area contributed by atoms with Crippen molar-refractivity contribution in [2.24, 2.45) is 5.92 Å². The molecule has 5 heteroatoms. The summed E-state index contributed by atoms with van der Waals surface area (Å²) in [5, 5.41) is 9.30. The number of aliphatic hydroxyl groups excluding tert-OH is 1. The lowest BCUT2D eigenvalue weighted by Gasteiger charge is -2.12. The number of nitrogens with zero attached hydrogens (tertiary/aromatic N) is 2. The van der Waals surface area contributed by atoms with Crippen molar-refractivity contribution >= 4 is 0 Å². The average Bonchev–Trinajstić information content (AvgIpc) is 2.37. The van der Waals surface area contributed by atoms with Crippen LogP contribution in [0.15, 0.2) is 6.20 Å². The monoisotopic (exact) mass is 268 g/mol. The molecule has 1 aromatic heterocycles. The lowest BCUT2D eigenvalue weighted by atomic mass is 10.2. The summed E-state index contributed by atoms with van der Waals surface area (Å²) in [5.74, 6) is 1.99. The van der Waals surface area contributed by atoms with E-state index in [1.807, 2.05) is 13.8 Å². The highest BCUT2D eigenvalue weighted by Gasteiger charge is 2.10. The Hall–Kier alpha value is -1.20. The molecule has 0 aromatic carbocycles. The van der Waals surface area contributed by atoms with E-state index < -0.39 is 0 Å². The van der Waals surface area contributed by atoms with Crippen molar-refractivity contribution in [3.05, 3.63) is 17.7 Å². The fraction of sp³-hybridized carbons (Fsp3) is 0.714. The largest absolute Gasteiger partial charge is 0.488 e. The van der Waals surface area contributed by atoms with Crippen molar-refractivity contribution < 1.29 is 14.6 Å². The Labute approximate surface area is 115 Å². The Kier molecular flexibility index (Phi) is 6.73. The molecule has 0 bridgehead atoms. The second-order valence-electron chi connectivity index (χ2n) is 5.17. The Balaban J connectivity index is 2.49. The molecule has 108 valence electrons. The average molecular weight is 268 g/mol. The van der Waals surface area contributed by atoms with E-state index in [9.17, 15) is 5.11 Å². The van der Waals surface area contributed by atoms with Gasteiger partial charge in [0.15, 0.2) is 5.75 Å². The molecule has 0 unspecified atom stereocenters. The summed E-state index contributed by atoms with van der Waals surface area (Å²) < 4.78 is 11.0. The third-order valence-corrected chi connectivity index (χ3v) is 2.45. The van der Waals surface area contributed by atoms with Crippen molar-refractivity contribution in [1.82, 2.24) is 9.97 Å². The molecule has 5 nitrogen and oxygen atoms in total. The van der Waals surface area contributed by atoms with Crippen molar-refractivity contribution in [3.8, 4) is 5.75 Å². The van der Waals surface area contributed by atoms with Gasteiger partial charge < -0.3 is 14.6 Å². The minimum absolute atomic E-state index is 0.148. The van der Waals surface area contributed by atoms with Crippen molar-refractivity contribution in [2.45, 2.75) is 40.2 Å². The van der Waals surface area contributed by atoms with E-state index in [0.29, 0.717) is 36.4 Å². The van der Waals surface area contributed by atoms with Gasteiger partial charge >= 0.3 is 0 Å². The summed E-state index contributed by atoms with van der Waals surface area (Å²) in [4.78, 5) is 8.52. The Morgan fingerprint density at radius 3 is 2.53 bits per heavy atom. The molecule has 0 amide bonds. The van der Waals surface area contributed by atoms with E-state index in [-0.39, 0.29) is 12.5 Å². The van der Waals surface area contributed by atoms with Crippen LogP contribution in [0.5, 0.6) is 5.75 Å². The van der Waals surface area contributed by atoms with E-state index in [0.717, 1.165) is 6.61 Å². The van der Waals surface area contributed by atoms with Gasteiger partial charge in [0.1, 0.15) is 18.1 Å². The first-order chi connectivity index (χ1) is 9.04. The van der Waals surface area contributed by atoms with Crippen LogP contribution >= 0.6 is 0 Å². The summed E-state index contributed by atoms with van der Waals surface area (Å²) >= 11 is 0. The number of aromatic nitrogens is 2. The maximum atomic E-state index is 9.30. The Morgan fingerprint density at radius 2 is 1.95 bits per heavy atom. The first-order valence-electron chi connectivity index (χ1n) is 6.71. The summed E-state index contributed by atoms with van der Waals surface area (Å²) in [7, 11) is 0. The minimum Gasteiger partial charge on any atom is -0.488 e. The standard InChI is InChI=1S/C14H24N2O3/c1-10(2)9-18-5-6-19-13-7-15-14(11(3)4)16-12(13)8-17/h7,10-11,17H,5-6,8-9H2,1-4H3. The second kappa shape index (κ2) is 8.07. The third-order valence-electron chi connectivity index (χ3n) is 2.45. The first-order valence-corrected chi connectivity index (χ1v) is 6.71. The van der Waals surface area contributed by atoms with E-state index >= 15 is 0 Å². The number of ether oxygens (including phenoxy) is 2. The van der Waals surface area contributed by atoms with Crippen LogP contribution in [0.3, 0.4) is 0 Å². The molecule has 0 saturated carbocycles. The zero-order valence-electron chi connectivity index (χ0n) is 12.2. The maximum Gasteiger partial charge on any atom is 0.161 e. The van der Waals surface area contributed by atoms with Gasteiger partial charge in [0.2, 0.25) is 0 Å². The van der Waals surface area contributed by atoms with E-state index in [2.05, 4.69) is 23.8 Å². The summed E-state index contributed by atoms with van der Waals surface area (Å²) in [6.45, 7) is 9.75. The van der Waals surface area contributed by atoms with Gasteiger partial charge in [-0.25, -0.2) is 9.97 Å². The highest BCUT2D eigenvalue weighted by molar-refractivity contribution is 5.24. The Morgan fingerprint density at radius 1 is 1.21 bits per heavy atom. The van der Waals surface area contributed by atoms with Crippen LogP contribution in [0.25, 0.3) is 0 Å². The SMILES string of the molecule is CC(C)COCCOc1cnc(C(C)C)nc1CO. The van der Waals surface area contributed by atoms with Crippen LogP contribution in [0.2, 0.25) is 0 Å². The van der Waals surface area contributed by atoms with Gasteiger partial charge in [0.05, 0.1) is 19.4 Å². The topological polar surface area (TPSA) is 64.5 Å². The Bertz CT molecular complexity index is 381. The molecule has 0 aliphatic heterocycles. The molecule has 0 spiro atoms. The molecule has 0 aliphatic carbocycles. The van der Waals surface area contributed by atoms with E-state index in [4.69, 9.17) is 9.47 Å². The smallest absolute Gasteiger partial charge is 0.161 e. The van der Waals surface area contributed by atoms with Crippen LogP contribution in [-0.4, -0.2) is 34.9 Å². The van der Waals surface area contributed by atoms with Gasteiger partial charge in [-0.3, -0.25) is 0 Å².